The van der Waals surface area contributed by atoms with Gasteiger partial charge in [-0.05, 0) is 58.7 Å². The SMILES string of the molecule is COc1ccc([C@H](C)NCC(=O)Nc2ccc(F)c(Cl)c2)cc1Br. The zero-order chi connectivity index (χ0) is 17.7. The van der Waals surface area contributed by atoms with Crippen molar-refractivity contribution in [3.8, 4) is 5.75 Å². The summed E-state index contributed by atoms with van der Waals surface area (Å²) in [6.07, 6.45) is 0. The fourth-order valence-corrected chi connectivity index (χ4v) is 2.83. The number of benzene rings is 2. The molecular formula is C17H17BrClFN2O2. The first kappa shape index (κ1) is 18.7. The molecule has 2 aromatic rings. The average Bonchev–Trinajstić information content (AvgIpc) is 2.56. The standard InChI is InChI=1S/C17H17BrClFN2O2/c1-10(11-3-6-16(24-2)13(18)7-11)21-9-17(23)22-12-4-5-15(20)14(19)8-12/h3-8,10,21H,9H2,1-2H3,(H,22,23)/t10-/m0/s1. The van der Waals surface area contributed by atoms with Crippen molar-refractivity contribution >= 4 is 39.1 Å². The second-order valence-electron chi connectivity index (χ2n) is 5.17. The summed E-state index contributed by atoms with van der Waals surface area (Å²) in [5.41, 5.74) is 1.47. The Morgan fingerprint density at radius 3 is 2.71 bits per heavy atom. The maximum Gasteiger partial charge on any atom is 0.238 e. The molecule has 24 heavy (non-hydrogen) atoms. The van der Waals surface area contributed by atoms with E-state index in [1.54, 1.807) is 7.11 Å². The second-order valence-corrected chi connectivity index (χ2v) is 6.44. The smallest absolute Gasteiger partial charge is 0.238 e. The molecule has 2 N–H and O–H groups in total. The van der Waals surface area contributed by atoms with Gasteiger partial charge in [-0.15, -0.1) is 0 Å². The number of carbonyl (C=O) groups is 1. The molecule has 0 saturated heterocycles. The fraction of sp³-hybridized carbons (Fsp3) is 0.235. The molecule has 0 unspecified atom stereocenters. The van der Waals surface area contributed by atoms with Crippen molar-refractivity contribution in [1.82, 2.24) is 5.32 Å². The Labute approximate surface area is 153 Å². The molecule has 0 heterocycles. The monoisotopic (exact) mass is 414 g/mol. The van der Waals surface area contributed by atoms with Crippen LogP contribution >= 0.6 is 27.5 Å². The van der Waals surface area contributed by atoms with Crippen molar-refractivity contribution in [3.05, 3.63) is 57.3 Å². The van der Waals surface area contributed by atoms with Crippen molar-refractivity contribution in [3.63, 3.8) is 0 Å². The van der Waals surface area contributed by atoms with Crippen LogP contribution in [0.25, 0.3) is 0 Å². The first-order chi connectivity index (χ1) is 11.4. The highest BCUT2D eigenvalue weighted by Gasteiger charge is 2.11. The van der Waals surface area contributed by atoms with Gasteiger partial charge in [-0.1, -0.05) is 17.7 Å². The molecule has 128 valence electrons. The topological polar surface area (TPSA) is 50.4 Å². The molecule has 0 saturated carbocycles. The number of hydrogen-bond acceptors (Lipinski definition) is 3. The highest BCUT2D eigenvalue weighted by Crippen LogP contribution is 2.28. The summed E-state index contributed by atoms with van der Waals surface area (Å²) < 4.78 is 19.1. The van der Waals surface area contributed by atoms with Gasteiger partial charge in [0.15, 0.2) is 0 Å². The Hall–Kier alpha value is -1.63. The van der Waals surface area contributed by atoms with Crippen LogP contribution in [0, 0.1) is 5.82 Å². The Kier molecular flexibility index (Phi) is 6.60. The Bertz CT molecular complexity index is 743. The van der Waals surface area contributed by atoms with E-state index in [0.717, 1.165) is 15.8 Å². The van der Waals surface area contributed by atoms with Crippen LogP contribution in [0.4, 0.5) is 10.1 Å². The number of anilines is 1. The average molecular weight is 416 g/mol. The molecule has 0 spiro atoms. The lowest BCUT2D eigenvalue weighted by Crippen LogP contribution is -2.30. The van der Waals surface area contributed by atoms with Crippen molar-refractivity contribution in [2.45, 2.75) is 13.0 Å². The van der Waals surface area contributed by atoms with Gasteiger partial charge in [0, 0.05) is 11.7 Å². The van der Waals surface area contributed by atoms with Gasteiger partial charge >= 0.3 is 0 Å². The molecule has 0 bridgehead atoms. The number of hydrogen-bond donors (Lipinski definition) is 2. The van der Waals surface area contributed by atoms with Crippen LogP contribution in [-0.2, 0) is 4.79 Å². The molecule has 7 heteroatoms. The fourth-order valence-electron chi connectivity index (χ4n) is 2.09. The third kappa shape index (κ3) is 4.93. The quantitative estimate of drug-likeness (QED) is 0.728. The summed E-state index contributed by atoms with van der Waals surface area (Å²) in [6, 6.07) is 9.74. The number of nitrogens with one attached hydrogen (secondary N) is 2. The summed E-state index contributed by atoms with van der Waals surface area (Å²) in [4.78, 5) is 12.0. The van der Waals surface area contributed by atoms with E-state index >= 15 is 0 Å². The molecule has 4 nitrogen and oxygen atoms in total. The van der Waals surface area contributed by atoms with Crippen LogP contribution in [0.15, 0.2) is 40.9 Å². The lowest BCUT2D eigenvalue weighted by Gasteiger charge is -2.15. The predicted octanol–water partition coefficient (Wildman–Crippen LogP) is 4.54. The van der Waals surface area contributed by atoms with Gasteiger partial charge in [-0.25, -0.2) is 4.39 Å². The molecule has 1 atom stereocenters. The summed E-state index contributed by atoms with van der Waals surface area (Å²) in [5, 5.41) is 5.76. The maximum atomic E-state index is 13.1. The van der Waals surface area contributed by atoms with E-state index in [-0.39, 0.29) is 23.5 Å². The van der Waals surface area contributed by atoms with Crippen molar-refractivity contribution < 1.29 is 13.9 Å². The predicted molar refractivity (Wildman–Crippen MR) is 97.2 cm³/mol. The van der Waals surface area contributed by atoms with E-state index in [1.807, 2.05) is 25.1 Å². The molecule has 2 aromatic carbocycles. The van der Waals surface area contributed by atoms with Crippen LogP contribution < -0.4 is 15.4 Å². The summed E-state index contributed by atoms with van der Waals surface area (Å²) >= 11 is 9.13. The lowest BCUT2D eigenvalue weighted by molar-refractivity contribution is -0.115. The zero-order valence-corrected chi connectivity index (χ0v) is 15.5. The minimum atomic E-state index is -0.522. The summed E-state index contributed by atoms with van der Waals surface area (Å²) in [5.74, 6) is -0.0134. The minimum Gasteiger partial charge on any atom is -0.496 e. The van der Waals surface area contributed by atoms with Crippen LogP contribution in [0.1, 0.15) is 18.5 Å². The molecular weight excluding hydrogens is 399 g/mol. The van der Waals surface area contributed by atoms with Crippen LogP contribution in [0.3, 0.4) is 0 Å². The van der Waals surface area contributed by atoms with Crippen LogP contribution in [0.5, 0.6) is 5.75 Å². The summed E-state index contributed by atoms with van der Waals surface area (Å²) in [7, 11) is 1.60. The van der Waals surface area contributed by atoms with Gasteiger partial charge in [0.05, 0.1) is 23.1 Å². The van der Waals surface area contributed by atoms with E-state index in [4.69, 9.17) is 16.3 Å². The van der Waals surface area contributed by atoms with E-state index in [2.05, 4.69) is 26.6 Å². The first-order valence-electron chi connectivity index (χ1n) is 7.22. The molecule has 0 aliphatic carbocycles. The third-order valence-electron chi connectivity index (χ3n) is 3.45. The highest BCUT2D eigenvalue weighted by atomic mass is 79.9. The maximum absolute atomic E-state index is 13.1. The van der Waals surface area contributed by atoms with Crippen molar-refractivity contribution in [1.29, 1.82) is 0 Å². The first-order valence-corrected chi connectivity index (χ1v) is 8.39. The number of ether oxygens (including phenoxy) is 1. The minimum absolute atomic E-state index is 0.0304. The van der Waals surface area contributed by atoms with Gasteiger partial charge < -0.3 is 15.4 Å². The lowest BCUT2D eigenvalue weighted by atomic mass is 10.1. The van der Waals surface area contributed by atoms with Gasteiger partial charge in [-0.3, -0.25) is 4.79 Å². The molecule has 0 aromatic heterocycles. The van der Waals surface area contributed by atoms with Crippen molar-refractivity contribution in [2.24, 2.45) is 0 Å². The van der Waals surface area contributed by atoms with Gasteiger partial charge in [0.2, 0.25) is 5.91 Å². The molecule has 0 radical (unpaired) electrons. The molecule has 2 rings (SSSR count). The zero-order valence-electron chi connectivity index (χ0n) is 13.2. The number of amides is 1. The van der Waals surface area contributed by atoms with Crippen molar-refractivity contribution in [2.75, 3.05) is 19.0 Å². The van der Waals surface area contributed by atoms with E-state index in [1.165, 1.54) is 18.2 Å². The van der Waals surface area contributed by atoms with Crippen LogP contribution in [0.2, 0.25) is 5.02 Å². The van der Waals surface area contributed by atoms with E-state index in [0.29, 0.717) is 5.69 Å². The third-order valence-corrected chi connectivity index (χ3v) is 4.36. The van der Waals surface area contributed by atoms with Gasteiger partial charge in [0.1, 0.15) is 11.6 Å². The van der Waals surface area contributed by atoms with E-state index in [9.17, 15) is 9.18 Å². The number of methoxy groups -OCH3 is 1. The number of carbonyl (C=O) groups excluding carboxylic acids is 1. The summed E-state index contributed by atoms with van der Waals surface area (Å²) in [6.45, 7) is 2.07. The molecule has 0 aliphatic heterocycles. The Morgan fingerprint density at radius 2 is 2.08 bits per heavy atom. The van der Waals surface area contributed by atoms with Crippen LogP contribution in [-0.4, -0.2) is 19.6 Å². The van der Waals surface area contributed by atoms with Gasteiger partial charge in [-0.2, -0.15) is 0 Å². The molecule has 1 amide bonds. The molecule has 0 fully saturated rings. The number of halogens is 3. The Morgan fingerprint density at radius 1 is 1.33 bits per heavy atom. The van der Waals surface area contributed by atoms with E-state index < -0.39 is 5.82 Å². The largest absolute Gasteiger partial charge is 0.496 e. The number of rotatable bonds is 6. The van der Waals surface area contributed by atoms with Gasteiger partial charge in [0.25, 0.3) is 0 Å². The Balaban J connectivity index is 1.90. The second kappa shape index (κ2) is 8.46. The normalized spacial score (nSPS) is 11.9. The molecule has 0 aliphatic rings. The highest BCUT2D eigenvalue weighted by molar-refractivity contribution is 9.10.